The number of fused-ring (bicyclic) bond motifs is 4. The van der Waals surface area contributed by atoms with E-state index >= 15 is 0 Å². The van der Waals surface area contributed by atoms with Crippen LogP contribution in [0.1, 0.15) is 92.4 Å². The average Bonchev–Trinajstić information content (AvgIpc) is 2.29. The zero-order valence-corrected chi connectivity index (χ0v) is 14.1. The molecule has 0 nitrogen and oxygen atoms in total. The van der Waals surface area contributed by atoms with Crippen LogP contribution in [0.25, 0.3) is 0 Å². The fraction of sp³-hybridized carbons (Fsp3) is 1.00. The number of hydrogen-bond acceptors (Lipinski definition) is 0. The molecule has 3 aliphatic rings. The van der Waals surface area contributed by atoms with E-state index in [9.17, 15) is 0 Å². The van der Waals surface area contributed by atoms with E-state index in [1.54, 1.807) is 0 Å². The van der Waals surface area contributed by atoms with Crippen molar-refractivity contribution in [3.63, 3.8) is 0 Å². The lowest BCUT2D eigenvalue weighted by Gasteiger charge is -2.66. The molecule has 3 fully saturated rings. The maximum atomic E-state index is 2.63. The Bertz CT molecular complexity index is 288. The summed E-state index contributed by atoms with van der Waals surface area (Å²) in [5, 5.41) is 0. The van der Waals surface area contributed by atoms with E-state index in [0.717, 1.165) is 17.8 Å². The van der Waals surface area contributed by atoms with Crippen molar-refractivity contribution in [1.82, 2.24) is 0 Å². The SMILES string of the molecule is CCC1(CC(C)CC(C)C)C2CCCCCC1(C)C2. The molecule has 0 N–H and O–H groups in total. The second-order valence-electron chi connectivity index (χ2n) is 8.51. The minimum Gasteiger partial charge on any atom is -0.0648 e. The van der Waals surface area contributed by atoms with Gasteiger partial charge in [-0.05, 0) is 67.1 Å². The Balaban J connectivity index is 2.11. The highest BCUT2D eigenvalue weighted by Crippen LogP contribution is 2.69. The van der Waals surface area contributed by atoms with Crippen molar-refractivity contribution in [2.24, 2.45) is 28.6 Å². The van der Waals surface area contributed by atoms with Gasteiger partial charge < -0.3 is 0 Å². The van der Waals surface area contributed by atoms with Crippen LogP contribution in [0.3, 0.4) is 0 Å². The van der Waals surface area contributed by atoms with Crippen LogP contribution < -0.4 is 0 Å². The van der Waals surface area contributed by atoms with Crippen LogP contribution in [0.5, 0.6) is 0 Å². The Morgan fingerprint density at radius 1 is 1.11 bits per heavy atom. The molecular weight excluding hydrogens is 228 g/mol. The quantitative estimate of drug-likeness (QED) is 0.535. The molecule has 0 heterocycles. The maximum absolute atomic E-state index is 2.63. The first-order chi connectivity index (χ1) is 8.93. The topological polar surface area (TPSA) is 0 Å². The van der Waals surface area contributed by atoms with Gasteiger partial charge in [0.15, 0.2) is 0 Å². The first-order valence-electron chi connectivity index (χ1n) is 8.93. The van der Waals surface area contributed by atoms with Crippen molar-refractivity contribution < 1.29 is 0 Å². The van der Waals surface area contributed by atoms with Gasteiger partial charge in [0.2, 0.25) is 0 Å². The Hall–Kier alpha value is 0. The van der Waals surface area contributed by atoms with Crippen LogP contribution in [0.2, 0.25) is 0 Å². The van der Waals surface area contributed by atoms with Crippen molar-refractivity contribution in [1.29, 1.82) is 0 Å². The first kappa shape index (κ1) is 15.4. The predicted octanol–water partition coefficient (Wildman–Crippen LogP) is 6.45. The van der Waals surface area contributed by atoms with Gasteiger partial charge in [0, 0.05) is 0 Å². The molecule has 0 spiro atoms. The zero-order valence-electron chi connectivity index (χ0n) is 14.1. The van der Waals surface area contributed by atoms with Gasteiger partial charge in [-0.15, -0.1) is 0 Å². The highest BCUT2D eigenvalue weighted by atomic mass is 14.6. The Morgan fingerprint density at radius 2 is 1.84 bits per heavy atom. The fourth-order valence-corrected chi connectivity index (χ4v) is 5.90. The third-order valence-corrected chi connectivity index (χ3v) is 6.68. The molecule has 112 valence electrons. The molecule has 0 aromatic rings. The molecule has 0 amide bonds. The van der Waals surface area contributed by atoms with Gasteiger partial charge in [0.05, 0.1) is 0 Å². The molecule has 4 unspecified atom stereocenters. The van der Waals surface area contributed by atoms with Crippen molar-refractivity contribution in [3.8, 4) is 0 Å². The van der Waals surface area contributed by atoms with E-state index in [4.69, 9.17) is 0 Å². The van der Waals surface area contributed by atoms with Gasteiger partial charge in [0.1, 0.15) is 0 Å². The predicted molar refractivity (Wildman–Crippen MR) is 85.3 cm³/mol. The normalized spacial score (nSPS) is 40.4. The lowest BCUT2D eigenvalue weighted by atomic mass is 9.39. The van der Waals surface area contributed by atoms with Gasteiger partial charge in [0.25, 0.3) is 0 Å². The van der Waals surface area contributed by atoms with Crippen LogP contribution in [0.4, 0.5) is 0 Å². The summed E-state index contributed by atoms with van der Waals surface area (Å²) in [7, 11) is 0. The highest BCUT2D eigenvalue weighted by Gasteiger charge is 2.60. The van der Waals surface area contributed by atoms with Crippen LogP contribution in [-0.2, 0) is 0 Å². The molecule has 3 aliphatic carbocycles. The van der Waals surface area contributed by atoms with E-state index < -0.39 is 0 Å². The third-order valence-electron chi connectivity index (χ3n) is 6.68. The Kier molecular flexibility index (Phi) is 4.68. The summed E-state index contributed by atoms with van der Waals surface area (Å²) in [5.41, 5.74) is 1.37. The summed E-state index contributed by atoms with van der Waals surface area (Å²) in [5.74, 6) is 2.83. The largest absolute Gasteiger partial charge is 0.0648 e. The second-order valence-corrected chi connectivity index (χ2v) is 8.51. The Labute approximate surface area is 121 Å². The van der Waals surface area contributed by atoms with Gasteiger partial charge >= 0.3 is 0 Å². The second kappa shape index (κ2) is 5.78. The lowest BCUT2D eigenvalue weighted by Crippen LogP contribution is -2.57. The van der Waals surface area contributed by atoms with Crippen LogP contribution in [0, 0.1) is 28.6 Å². The Morgan fingerprint density at radius 3 is 2.47 bits per heavy atom. The average molecular weight is 264 g/mol. The maximum Gasteiger partial charge on any atom is -0.0215 e. The van der Waals surface area contributed by atoms with Gasteiger partial charge in [-0.25, -0.2) is 0 Å². The third kappa shape index (κ3) is 2.74. The van der Waals surface area contributed by atoms with Gasteiger partial charge in [-0.3, -0.25) is 0 Å². The van der Waals surface area contributed by atoms with E-state index in [1.165, 1.54) is 57.8 Å². The van der Waals surface area contributed by atoms with Crippen LogP contribution >= 0.6 is 0 Å². The zero-order chi connectivity index (χ0) is 14.1. The molecule has 4 atom stereocenters. The molecule has 2 bridgehead atoms. The monoisotopic (exact) mass is 264 g/mol. The summed E-state index contributed by atoms with van der Waals surface area (Å²) < 4.78 is 0. The summed E-state index contributed by atoms with van der Waals surface area (Å²) in [6.45, 7) is 12.4. The number of rotatable bonds is 5. The van der Waals surface area contributed by atoms with E-state index in [1.807, 2.05) is 0 Å². The van der Waals surface area contributed by atoms with Gasteiger partial charge in [-0.1, -0.05) is 53.9 Å². The lowest BCUT2D eigenvalue weighted by molar-refractivity contribution is -0.167. The molecule has 0 heteroatoms. The summed E-state index contributed by atoms with van der Waals surface area (Å²) >= 11 is 0. The molecule has 19 heavy (non-hydrogen) atoms. The highest BCUT2D eigenvalue weighted by molar-refractivity contribution is 5.09. The van der Waals surface area contributed by atoms with E-state index in [2.05, 4.69) is 34.6 Å². The summed E-state index contributed by atoms with van der Waals surface area (Å²) in [6.07, 6.45) is 13.4. The van der Waals surface area contributed by atoms with Gasteiger partial charge in [-0.2, -0.15) is 0 Å². The fourth-order valence-electron chi connectivity index (χ4n) is 5.90. The van der Waals surface area contributed by atoms with Crippen molar-refractivity contribution in [3.05, 3.63) is 0 Å². The molecule has 0 aliphatic heterocycles. The van der Waals surface area contributed by atoms with Crippen molar-refractivity contribution in [2.75, 3.05) is 0 Å². The molecule has 0 saturated heterocycles. The smallest absolute Gasteiger partial charge is 0.0215 e. The molecule has 3 rings (SSSR count). The van der Waals surface area contributed by atoms with Crippen LogP contribution in [0.15, 0.2) is 0 Å². The van der Waals surface area contributed by atoms with Crippen molar-refractivity contribution >= 4 is 0 Å². The standard InChI is InChI=1S/C19H36/c1-6-19(13-16(4)12-15(2)3)17-10-8-7-9-11-18(19,5)14-17/h15-17H,6-14H2,1-5H3. The summed E-state index contributed by atoms with van der Waals surface area (Å²) in [4.78, 5) is 0. The number of hydrogen-bond donors (Lipinski definition) is 0. The van der Waals surface area contributed by atoms with Crippen molar-refractivity contribution in [2.45, 2.75) is 92.4 Å². The molecule has 0 radical (unpaired) electrons. The van der Waals surface area contributed by atoms with Crippen LogP contribution in [-0.4, -0.2) is 0 Å². The minimum atomic E-state index is 0.679. The minimum absolute atomic E-state index is 0.679. The van der Waals surface area contributed by atoms with E-state index in [-0.39, 0.29) is 0 Å². The molecule has 3 saturated carbocycles. The molecule has 0 aromatic carbocycles. The molecule has 0 aromatic heterocycles. The van der Waals surface area contributed by atoms with E-state index in [0.29, 0.717) is 10.8 Å². The molecular formula is C19H36. The summed E-state index contributed by atoms with van der Waals surface area (Å²) in [6, 6.07) is 0. The first-order valence-corrected chi connectivity index (χ1v) is 8.93.